The maximum Gasteiger partial charge on any atom is 0.312 e. The van der Waals surface area contributed by atoms with Gasteiger partial charge in [0.2, 0.25) is 0 Å². The number of likely N-dealkylation sites (tertiary alicyclic amines) is 1. The van der Waals surface area contributed by atoms with Crippen LogP contribution in [-0.2, 0) is 14.6 Å². The van der Waals surface area contributed by atoms with E-state index in [0.717, 1.165) is 45.4 Å². The Balaban J connectivity index is 1.11. The number of fused-ring (bicyclic) bond motifs is 7. The van der Waals surface area contributed by atoms with Gasteiger partial charge < -0.3 is 15.3 Å². The van der Waals surface area contributed by atoms with Crippen molar-refractivity contribution < 1.29 is 22.7 Å². The summed E-state index contributed by atoms with van der Waals surface area (Å²) in [6.07, 6.45) is 19.9. The molecule has 10 unspecified atom stereocenters. The van der Waals surface area contributed by atoms with Gasteiger partial charge in [0, 0.05) is 24.9 Å². The van der Waals surface area contributed by atoms with Gasteiger partial charge in [0.25, 0.3) is 0 Å². The van der Waals surface area contributed by atoms with Crippen molar-refractivity contribution in [2.45, 2.75) is 142 Å². The highest BCUT2D eigenvalue weighted by atomic mass is 32.2. The second-order valence-electron chi connectivity index (χ2n) is 20.8. The zero-order valence-electron chi connectivity index (χ0n) is 34.2. The Bertz CT molecular complexity index is 1650. The standard InChI is InChI=1S/C45H71FN2O4S/c1-30(2)33-13-22-45(47-25-28-48-26-16-32(17-27-48)53(8,51)52)24-23-42(6)35(38(33)45)9-10-37-41(5)18-14-34(40(3,4)36(41)15-19-43(37,42)7)31-11-20-44(29-46,21-12-31)39(49)50/h11,14,32-33,35-38,47H,1,9-10,12-13,15-29H2,2-8H3,(H,49,50). The number of alkyl halides is 1. The Morgan fingerprint density at radius 1 is 0.925 bits per heavy atom. The van der Waals surface area contributed by atoms with Crippen molar-refractivity contribution in [2.75, 3.05) is 39.1 Å². The van der Waals surface area contributed by atoms with Crippen LogP contribution in [0.1, 0.15) is 131 Å². The Hall–Kier alpha value is -1.51. The summed E-state index contributed by atoms with van der Waals surface area (Å²) < 4.78 is 38.3. The topological polar surface area (TPSA) is 86.7 Å². The van der Waals surface area contributed by atoms with Crippen molar-refractivity contribution >= 4 is 15.8 Å². The molecular weight excluding hydrogens is 684 g/mol. The number of halogens is 1. The van der Waals surface area contributed by atoms with Gasteiger partial charge in [-0.05, 0) is 172 Å². The monoisotopic (exact) mass is 755 g/mol. The lowest BCUT2D eigenvalue weighted by atomic mass is 9.33. The first kappa shape index (κ1) is 39.7. The summed E-state index contributed by atoms with van der Waals surface area (Å²) in [5.74, 6) is 2.04. The fourth-order valence-corrected chi connectivity index (χ4v) is 16.2. The van der Waals surface area contributed by atoms with Crippen molar-refractivity contribution in [3.05, 3.63) is 35.5 Å². The number of nitrogens with zero attached hydrogens (tertiary/aromatic N) is 1. The molecule has 0 aromatic rings. The molecular formula is C45H71FN2O4S. The van der Waals surface area contributed by atoms with Gasteiger partial charge in [-0.1, -0.05) is 58.9 Å². The van der Waals surface area contributed by atoms with Crippen LogP contribution < -0.4 is 5.32 Å². The highest BCUT2D eigenvalue weighted by Crippen LogP contribution is 2.76. The number of carboxylic acid groups (broad SMARTS) is 1. The number of nitrogens with one attached hydrogen (secondary N) is 1. The normalized spacial score (nSPS) is 44.5. The van der Waals surface area contributed by atoms with Crippen molar-refractivity contribution in [2.24, 2.45) is 56.7 Å². The Kier molecular flexibility index (Phi) is 10.2. The van der Waals surface area contributed by atoms with Gasteiger partial charge in [-0.2, -0.15) is 0 Å². The zero-order chi connectivity index (χ0) is 38.4. The summed E-state index contributed by atoms with van der Waals surface area (Å²) in [6.45, 7) is 22.8. The second kappa shape index (κ2) is 13.6. The second-order valence-corrected chi connectivity index (χ2v) is 23.2. The summed E-state index contributed by atoms with van der Waals surface area (Å²) in [5, 5.41) is 13.9. The predicted molar refractivity (Wildman–Crippen MR) is 213 cm³/mol. The van der Waals surface area contributed by atoms with E-state index in [0.29, 0.717) is 42.4 Å². The maximum absolute atomic E-state index is 14.0. The van der Waals surface area contributed by atoms with Crippen molar-refractivity contribution in [3.8, 4) is 0 Å². The van der Waals surface area contributed by atoms with Gasteiger partial charge in [-0.3, -0.25) is 4.79 Å². The smallest absolute Gasteiger partial charge is 0.312 e. The van der Waals surface area contributed by atoms with Crippen molar-refractivity contribution in [1.29, 1.82) is 0 Å². The third kappa shape index (κ3) is 6.10. The van der Waals surface area contributed by atoms with E-state index in [-0.39, 0.29) is 38.9 Å². The van der Waals surface area contributed by atoms with Crippen LogP contribution in [-0.4, -0.2) is 74.3 Å². The van der Waals surface area contributed by atoms with Crippen LogP contribution in [0, 0.1) is 56.7 Å². The minimum absolute atomic E-state index is 0.0148. The molecule has 0 bridgehead atoms. The van der Waals surface area contributed by atoms with Crippen LogP contribution >= 0.6 is 0 Å². The number of piperidine rings is 1. The summed E-state index contributed by atoms with van der Waals surface area (Å²) in [5.41, 5.74) is 3.65. The molecule has 53 heavy (non-hydrogen) atoms. The highest BCUT2D eigenvalue weighted by molar-refractivity contribution is 7.91. The summed E-state index contributed by atoms with van der Waals surface area (Å²) in [4.78, 5) is 14.5. The molecule has 1 heterocycles. The van der Waals surface area contributed by atoms with Gasteiger partial charge in [0.15, 0.2) is 0 Å². The molecule has 298 valence electrons. The van der Waals surface area contributed by atoms with Crippen molar-refractivity contribution in [1.82, 2.24) is 10.2 Å². The fraction of sp³-hybridized carbons (Fsp3) is 0.844. The minimum Gasteiger partial charge on any atom is -0.481 e. The number of sulfone groups is 1. The Labute approximate surface area is 321 Å². The third-order valence-electron chi connectivity index (χ3n) is 18.4. The largest absolute Gasteiger partial charge is 0.481 e. The molecule has 0 aromatic carbocycles. The number of allylic oxidation sites excluding steroid dienone is 5. The zero-order valence-corrected chi connectivity index (χ0v) is 35.0. The Morgan fingerprint density at radius 2 is 1.64 bits per heavy atom. The molecule has 0 radical (unpaired) electrons. The Morgan fingerprint density at radius 3 is 2.25 bits per heavy atom. The molecule has 6 nitrogen and oxygen atoms in total. The van der Waals surface area contributed by atoms with Gasteiger partial charge in [0.1, 0.15) is 16.5 Å². The van der Waals surface area contributed by atoms with E-state index < -0.39 is 27.9 Å². The lowest BCUT2D eigenvalue weighted by Gasteiger charge is -2.72. The average Bonchev–Trinajstić information content (AvgIpc) is 3.48. The van der Waals surface area contributed by atoms with Crippen LogP contribution in [0.5, 0.6) is 0 Å². The van der Waals surface area contributed by atoms with E-state index in [1.165, 1.54) is 74.3 Å². The molecule has 1 saturated heterocycles. The molecule has 7 aliphatic rings. The number of hydrogen-bond donors (Lipinski definition) is 2. The number of hydrogen-bond acceptors (Lipinski definition) is 5. The summed E-state index contributed by atoms with van der Waals surface area (Å²) >= 11 is 0. The van der Waals surface area contributed by atoms with E-state index in [9.17, 15) is 22.7 Å². The molecule has 4 saturated carbocycles. The van der Waals surface area contributed by atoms with Crippen molar-refractivity contribution in [3.63, 3.8) is 0 Å². The quantitative estimate of drug-likeness (QED) is 0.229. The first-order chi connectivity index (χ1) is 24.8. The minimum atomic E-state index is -2.96. The molecule has 5 fully saturated rings. The first-order valence-corrected chi connectivity index (χ1v) is 23.2. The van der Waals surface area contributed by atoms with Crippen LogP contribution in [0.4, 0.5) is 4.39 Å². The molecule has 0 aromatic heterocycles. The van der Waals surface area contributed by atoms with Crippen LogP contribution in [0.2, 0.25) is 0 Å². The first-order valence-electron chi connectivity index (χ1n) is 21.3. The number of rotatable bonds is 9. The van der Waals surface area contributed by atoms with Gasteiger partial charge in [-0.25, -0.2) is 12.8 Å². The van der Waals surface area contributed by atoms with E-state index >= 15 is 0 Å². The van der Waals surface area contributed by atoms with Gasteiger partial charge >= 0.3 is 5.97 Å². The van der Waals surface area contributed by atoms with E-state index in [1.54, 1.807) is 0 Å². The number of aliphatic carboxylic acids is 1. The SMILES string of the molecule is C=C(C)C1CCC2(NCCN3CCC(S(C)(=O)=O)CC3)CCC3(C)C(CCC4C5(C)CC=C(C6=CCC(CF)(C(=O)O)CC6)C(C)(C)C5CCC43C)C12. The fourth-order valence-electron chi connectivity index (χ4n) is 15.1. The van der Waals surface area contributed by atoms with E-state index in [1.807, 2.05) is 0 Å². The molecule has 0 spiro atoms. The molecule has 2 N–H and O–H groups in total. The number of carboxylic acids is 1. The van der Waals surface area contributed by atoms with Crippen LogP contribution in [0.3, 0.4) is 0 Å². The van der Waals surface area contributed by atoms with Crippen LogP contribution in [0.15, 0.2) is 35.5 Å². The highest BCUT2D eigenvalue weighted by Gasteiger charge is 2.70. The molecule has 10 atom stereocenters. The summed E-state index contributed by atoms with van der Waals surface area (Å²) in [7, 11) is -2.96. The molecule has 8 heteroatoms. The lowest BCUT2D eigenvalue weighted by Crippen LogP contribution is -2.68. The maximum atomic E-state index is 14.0. The summed E-state index contributed by atoms with van der Waals surface area (Å²) in [6, 6.07) is 0. The molecule has 1 aliphatic heterocycles. The predicted octanol–water partition coefficient (Wildman–Crippen LogP) is 9.18. The average molecular weight is 755 g/mol. The molecule has 7 rings (SSSR count). The molecule has 0 amide bonds. The lowest BCUT2D eigenvalue weighted by molar-refractivity contribution is -0.221. The number of carbonyl (C=O) groups is 1. The van der Waals surface area contributed by atoms with E-state index in [2.05, 4.69) is 70.5 Å². The van der Waals surface area contributed by atoms with Crippen LogP contribution in [0.25, 0.3) is 0 Å². The molecule has 6 aliphatic carbocycles. The third-order valence-corrected chi connectivity index (χ3v) is 20.0. The van der Waals surface area contributed by atoms with E-state index in [4.69, 9.17) is 0 Å². The van der Waals surface area contributed by atoms with Gasteiger partial charge in [-0.15, -0.1) is 0 Å². The van der Waals surface area contributed by atoms with Gasteiger partial charge in [0.05, 0.1) is 10.7 Å².